The predicted octanol–water partition coefficient (Wildman–Crippen LogP) is 6.01. The maximum absolute atomic E-state index is 14.0. The van der Waals surface area contributed by atoms with E-state index in [-0.39, 0.29) is 11.7 Å². The zero-order chi connectivity index (χ0) is 28.6. The first-order valence-electron chi connectivity index (χ1n) is 13.9. The lowest BCUT2D eigenvalue weighted by Gasteiger charge is -2.21. The summed E-state index contributed by atoms with van der Waals surface area (Å²) in [6, 6.07) is 15.6. The van der Waals surface area contributed by atoms with Crippen molar-refractivity contribution in [3.05, 3.63) is 79.0 Å². The van der Waals surface area contributed by atoms with E-state index >= 15 is 0 Å². The first kappa shape index (κ1) is 25.8. The van der Waals surface area contributed by atoms with Crippen LogP contribution in [0.4, 0.5) is 10.1 Å². The van der Waals surface area contributed by atoms with Gasteiger partial charge < -0.3 is 20.7 Å². The zero-order valence-corrected chi connectivity index (χ0v) is 22.6. The number of aromatic hydroxyl groups is 1. The Hall–Kier alpha value is -5.09. The molecular weight excluding hydrogens is 533 g/mol. The van der Waals surface area contributed by atoms with Crippen LogP contribution in [0.2, 0.25) is 0 Å². The highest BCUT2D eigenvalue weighted by Gasteiger charge is 2.18. The molecule has 4 aromatic heterocycles. The van der Waals surface area contributed by atoms with Crippen molar-refractivity contribution in [2.45, 2.75) is 19.3 Å². The monoisotopic (exact) mass is 561 g/mol. The van der Waals surface area contributed by atoms with Crippen molar-refractivity contribution in [3.8, 4) is 39.5 Å². The van der Waals surface area contributed by atoms with Crippen LogP contribution in [-0.2, 0) is 4.79 Å². The summed E-state index contributed by atoms with van der Waals surface area (Å²) >= 11 is 0. The summed E-state index contributed by atoms with van der Waals surface area (Å²) in [6.07, 6.45) is 7.63. The summed E-state index contributed by atoms with van der Waals surface area (Å²) in [4.78, 5) is 24.9. The number of H-pyrrole nitrogens is 2. The summed E-state index contributed by atoms with van der Waals surface area (Å²) in [5, 5.41) is 25.7. The third kappa shape index (κ3) is 5.08. The molecule has 0 aliphatic carbocycles. The van der Waals surface area contributed by atoms with E-state index in [9.17, 15) is 14.3 Å². The van der Waals surface area contributed by atoms with E-state index < -0.39 is 5.82 Å². The van der Waals surface area contributed by atoms with Gasteiger partial charge in [-0.05, 0) is 79.9 Å². The molecule has 1 fully saturated rings. The van der Waals surface area contributed by atoms with Crippen LogP contribution >= 0.6 is 0 Å². The second kappa shape index (κ2) is 10.7. The van der Waals surface area contributed by atoms with Crippen molar-refractivity contribution in [1.82, 2.24) is 30.5 Å². The van der Waals surface area contributed by atoms with E-state index in [1.54, 1.807) is 18.6 Å². The van der Waals surface area contributed by atoms with E-state index in [1.165, 1.54) is 12.1 Å². The summed E-state index contributed by atoms with van der Waals surface area (Å²) in [5.74, 6) is -0.285. The molecule has 7 rings (SSSR count). The van der Waals surface area contributed by atoms with Crippen molar-refractivity contribution in [2.24, 2.45) is 5.92 Å². The number of nitrogens with zero attached hydrogens (tertiary/aromatic N) is 3. The number of hydrogen-bond donors (Lipinski definition) is 5. The van der Waals surface area contributed by atoms with E-state index in [2.05, 4.69) is 35.8 Å². The minimum absolute atomic E-state index is 0.00884. The van der Waals surface area contributed by atoms with Gasteiger partial charge in [-0.2, -0.15) is 5.10 Å². The maximum atomic E-state index is 14.0. The standard InChI is InChI=1S/C32H28FN7O2/c33-22-10-20(12-24(41)14-22)31-26-15-29(38-27(26)5-8-36-31)32-25-13-19(1-2-28(25)39-40-32)21-11-23(17-35-16-21)37-30(42)9-18-3-6-34-7-4-18/h1-2,5,8,10-18,34,38,41H,3-4,6-7,9H2,(H,37,42)(H,39,40). The Morgan fingerprint density at radius 2 is 1.79 bits per heavy atom. The fourth-order valence-corrected chi connectivity index (χ4v) is 5.75. The van der Waals surface area contributed by atoms with E-state index in [0.29, 0.717) is 29.3 Å². The molecule has 1 aliphatic heterocycles. The molecular formula is C32H28FN7O2. The van der Waals surface area contributed by atoms with Gasteiger partial charge in [-0.15, -0.1) is 0 Å². The molecule has 1 saturated heterocycles. The molecule has 0 atom stereocenters. The molecule has 0 radical (unpaired) electrons. The fraction of sp³-hybridized carbons (Fsp3) is 0.188. The van der Waals surface area contributed by atoms with E-state index in [1.807, 2.05) is 36.4 Å². The summed E-state index contributed by atoms with van der Waals surface area (Å²) in [5.41, 5.74) is 6.65. The molecule has 5 N–H and O–H groups in total. The number of carbonyl (C=O) groups excluding carboxylic acids is 1. The number of nitrogens with one attached hydrogen (secondary N) is 4. The smallest absolute Gasteiger partial charge is 0.224 e. The normalized spacial score (nSPS) is 14.0. The lowest BCUT2D eigenvalue weighted by atomic mass is 9.94. The number of phenols is 1. The lowest BCUT2D eigenvalue weighted by Crippen LogP contribution is -2.30. The van der Waals surface area contributed by atoms with Gasteiger partial charge in [-0.25, -0.2) is 4.39 Å². The number of benzene rings is 2. The molecule has 1 aliphatic rings. The Bertz CT molecular complexity index is 1920. The number of rotatable bonds is 6. The topological polar surface area (TPSA) is 132 Å². The largest absolute Gasteiger partial charge is 0.508 e. The minimum atomic E-state index is -0.537. The molecule has 0 bridgehead atoms. The first-order valence-corrected chi connectivity index (χ1v) is 13.9. The Kier molecular flexibility index (Phi) is 6.59. The molecule has 2 aromatic carbocycles. The van der Waals surface area contributed by atoms with Gasteiger partial charge in [0.2, 0.25) is 5.91 Å². The number of phenolic OH excluding ortho intramolecular Hbond substituents is 1. The van der Waals surface area contributed by atoms with Crippen LogP contribution in [-0.4, -0.2) is 49.3 Å². The number of hydrogen-bond acceptors (Lipinski definition) is 6. The van der Waals surface area contributed by atoms with Crippen LogP contribution in [0.15, 0.2) is 73.2 Å². The number of halogens is 1. The molecule has 0 saturated carbocycles. The molecule has 10 heteroatoms. The number of pyridine rings is 2. The third-order valence-electron chi connectivity index (χ3n) is 7.81. The van der Waals surface area contributed by atoms with Crippen LogP contribution in [0.1, 0.15) is 19.3 Å². The number of carbonyl (C=O) groups is 1. The second-order valence-corrected chi connectivity index (χ2v) is 10.7. The zero-order valence-electron chi connectivity index (χ0n) is 22.6. The molecule has 0 unspecified atom stereocenters. The molecule has 210 valence electrons. The fourth-order valence-electron chi connectivity index (χ4n) is 5.75. The number of fused-ring (bicyclic) bond motifs is 2. The molecule has 42 heavy (non-hydrogen) atoms. The summed E-state index contributed by atoms with van der Waals surface area (Å²) in [6.45, 7) is 1.92. The van der Waals surface area contributed by atoms with Crippen molar-refractivity contribution in [2.75, 3.05) is 18.4 Å². The third-order valence-corrected chi connectivity index (χ3v) is 7.81. The quantitative estimate of drug-likeness (QED) is 0.169. The maximum Gasteiger partial charge on any atom is 0.224 e. The predicted molar refractivity (Wildman–Crippen MR) is 160 cm³/mol. The number of anilines is 1. The van der Waals surface area contributed by atoms with Crippen molar-refractivity contribution < 1.29 is 14.3 Å². The van der Waals surface area contributed by atoms with Gasteiger partial charge in [-0.1, -0.05) is 6.07 Å². The van der Waals surface area contributed by atoms with Gasteiger partial charge in [0.1, 0.15) is 17.3 Å². The van der Waals surface area contributed by atoms with Gasteiger partial charge in [0.05, 0.1) is 28.8 Å². The van der Waals surface area contributed by atoms with Crippen molar-refractivity contribution >= 4 is 33.4 Å². The van der Waals surface area contributed by atoms with Crippen LogP contribution in [0.3, 0.4) is 0 Å². The minimum Gasteiger partial charge on any atom is -0.508 e. The summed E-state index contributed by atoms with van der Waals surface area (Å²) in [7, 11) is 0. The van der Waals surface area contributed by atoms with Gasteiger partial charge in [0.25, 0.3) is 0 Å². The Balaban J connectivity index is 1.20. The average Bonchev–Trinajstić information content (AvgIpc) is 3.61. The van der Waals surface area contributed by atoms with Crippen LogP contribution in [0.25, 0.3) is 55.6 Å². The van der Waals surface area contributed by atoms with Crippen molar-refractivity contribution in [1.29, 1.82) is 0 Å². The van der Waals surface area contributed by atoms with Gasteiger partial charge in [-0.3, -0.25) is 19.9 Å². The number of piperidine rings is 1. The van der Waals surface area contributed by atoms with Crippen LogP contribution in [0.5, 0.6) is 5.75 Å². The molecule has 9 nitrogen and oxygen atoms in total. The summed E-state index contributed by atoms with van der Waals surface area (Å²) < 4.78 is 14.0. The van der Waals surface area contributed by atoms with Crippen LogP contribution < -0.4 is 10.6 Å². The van der Waals surface area contributed by atoms with Gasteiger partial charge in [0.15, 0.2) is 0 Å². The van der Waals surface area contributed by atoms with E-state index in [4.69, 9.17) is 0 Å². The Morgan fingerprint density at radius 3 is 2.64 bits per heavy atom. The number of aromatic nitrogens is 5. The van der Waals surface area contributed by atoms with Crippen LogP contribution in [0, 0.1) is 11.7 Å². The van der Waals surface area contributed by atoms with Gasteiger partial charge >= 0.3 is 0 Å². The Morgan fingerprint density at radius 1 is 0.929 bits per heavy atom. The number of amides is 1. The van der Waals surface area contributed by atoms with Crippen molar-refractivity contribution in [3.63, 3.8) is 0 Å². The second-order valence-electron chi connectivity index (χ2n) is 10.7. The Labute approximate surface area is 240 Å². The molecule has 6 aromatic rings. The first-order chi connectivity index (χ1) is 20.5. The number of aromatic amines is 2. The molecule has 1 amide bonds. The van der Waals surface area contributed by atoms with E-state index in [0.717, 1.165) is 76.3 Å². The van der Waals surface area contributed by atoms with Gasteiger partial charge in [0, 0.05) is 52.3 Å². The highest BCUT2D eigenvalue weighted by molar-refractivity contribution is 6.01. The molecule has 0 spiro atoms. The average molecular weight is 562 g/mol. The molecule has 5 heterocycles. The highest BCUT2D eigenvalue weighted by Crippen LogP contribution is 2.35. The lowest BCUT2D eigenvalue weighted by molar-refractivity contribution is -0.117. The highest BCUT2D eigenvalue weighted by atomic mass is 19.1. The SMILES string of the molecule is O=C(CC1CCNCC1)Nc1cncc(-c2ccc3[nH]nc(-c4cc5c(-c6cc(O)cc(F)c6)nccc5[nH]4)c3c2)c1.